The molecule has 0 unspecified atom stereocenters. The summed E-state index contributed by atoms with van der Waals surface area (Å²) in [5.41, 5.74) is 0. The Kier molecular flexibility index (Phi) is 437. The van der Waals surface area contributed by atoms with E-state index >= 15 is 0 Å². The van der Waals surface area contributed by atoms with Gasteiger partial charge in [0.1, 0.15) is 0 Å². The van der Waals surface area contributed by atoms with E-state index in [1.54, 1.807) is 0 Å². The smallest absolute Gasteiger partial charge is 1.00 e. The van der Waals surface area contributed by atoms with Crippen LogP contribution < -0.4 is 59.5 Å². The molecule has 0 rings (SSSR count). The SMILES string of the molecule is C[O-].[Cl-].[Cl-].[Mn+2].[Na+]. The topological polar surface area (TPSA) is 23.1 Å². The fourth-order valence-electron chi connectivity index (χ4n) is 0. The Morgan fingerprint density at radius 3 is 1.00 bits per heavy atom. The summed E-state index contributed by atoms with van der Waals surface area (Å²) >= 11 is 0. The van der Waals surface area contributed by atoms with Crippen molar-refractivity contribution in [3.8, 4) is 0 Å². The molecule has 0 saturated carbocycles. The third-order valence-corrected chi connectivity index (χ3v) is 0. The maximum atomic E-state index is 8.25. The average molecular weight is 180 g/mol. The summed E-state index contributed by atoms with van der Waals surface area (Å²) in [7, 11) is 0.750. The van der Waals surface area contributed by atoms with Gasteiger partial charge in [-0.3, -0.25) is 0 Å². The van der Waals surface area contributed by atoms with E-state index < -0.39 is 0 Å². The Bertz CT molecular complexity index is 13.5. The Morgan fingerprint density at radius 2 is 1.00 bits per heavy atom. The molecule has 0 fully saturated rings. The number of hydrogen-bond acceptors (Lipinski definition) is 1. The van der Waals surface area contributed by atoms with E-state index in [1.807, 2.05) is 0 Å². The van der Waals surface area contributed by atoms with E-state index in [2.05, 4.69) is 0 Å². The summed E-state index contributed by atoms with van der Waals surface area (Å²) in [6, 6.07) is 0. The molecule has 0 N–H and O–H groups in total. The van der Waals surface area contributed by atoms with Crippen LogP contribution in [0.3, 0.4) is 0 Å². The molecule has 1 nitrogen and oxygen atoms in total. The molecule has 0 aromatic carbocycles. The predicted molar refractivity (Wildman–Crippen MR) is 5.92 cm³/mol. The first-order chi connectivity index (χ1) is 1.00. The first kappa shape index (κ1) is 42.9. The van der Waals surface area contributed by atoms with Crippen LogP contribution in [0.25, 0.3) is 0 Å². The van der Waals surface area contributed by atoms with E-state index in [0.29, 0.717) is 0 Å². The second-order valence-corrected chi connectivity index (χ2v) is 0. The van der Waals surface area contributed by atoms with Gasteiger partial charge >= 0.3 is 46.6 Å². The zero-order chi connectivity index (χ0) is 2.00. The molecule has 6 heavy (non-hydrogen) atoms. The van der Waals surface area contributed by atoms with Gasteiger partial charge in [0.15, 0.2) is 0 Å². The molecule has 0 aliphatic carbocycles. The Labute approximate surface area is 82.8 Å². The maximum absolute atomic E-state index is 8.25. The van der Waals surface area contributed by atoms with Gasteiger partial charge in [-0.2, -0.15) is 7.11 Å². The van der Waals surface area contributed by atoms with Crippen LogP contribution in [0.1, 0.15) is 0 Å². The number of hydrogen-bond donors (Lipinski definition) is 0. The van der Waals surface area contributed by atoms with Gasteiger partial charge in [0.05, 0.1) is 0 Å². The van der Waals surface area contributed by atoms with E-state index in [1.165, 1.54) is 0 Å². The molecule has 0 aliphatic heterocycles. The van der Waals surface area contributed by atoms with Gasteiger partial charge in [0.2, 0.25) is 0 Å². The summed E-state index contributed by atoms with van der Waals surface area (Å²) in [5.74, 6) is 0. The third-order valence-electron chi connectivity index (χ3n) is 0. The monoisotopic (exact) mass is 179 g/mol. The zero-order valence-electron chi connectivity index (χ0n) is 3.54. The molecule has 1 radical (unpaired) electrons. The van der Waals surface area contributed by atoms with Crippen molar-refractivity contribution in [2.45, 2.75) is 0 Å². The first-order valence-electron chi connectivity index (χ1n) is 0.408. The van der Waals surface area contributed by atoms with Crippen molar-refractivity contribution in [3.63, 3.8) is 0 Å². The van der Waals surface area contributed by atoms with Crippen LogP contribution in [-0.2, 0) is 17.1 Å². The Hall–Kier alpha value is 2.06. The van der Waals surface area contributed by atoms with Gasteiger partial charge in [-0.1, -0.05) is 0 Å². The molecule has 0 heterocycles. The number of halogens is 2. The van der Waals surface area contributed by atoms with Crippen LogP contribution in [-0.4, -0.2) is 7.11 Å². The van der Waals surface area contributed by atoms with E-state index in [0.717, 1.165) is 7.11 Å². The number of rotatable bonds is 0. The quantitative estimate of drug-likeness (QED) is 0.339. The Balaban J connectivity index is -0.000000000833. The van der Waals surface area contributed by atoms with Crippen LogP contribution >= 0.6 is 0 Å². The van der Waals surface area contributed by atoms with Crippen molar-refractivity contribution < 1.29 is 76.5 Å². The van der Waals surface area contributed by atoms with Crippen LogP contribution in [0, 0.1) is 0 Å². The first-order valence-corrected chi connectivity index (χ1v) is 0.408. The molecule has 5 heteroatoms. The minimum absolute atomic E-state index is 0. The molecule has 0 spiro atoms. The maximum Gasteiger partial charge on any atom is 2.00 e. The van der Waals surface area contributed by atoms with Gasteiger partial charge < -0.3 is 29.9 Å². The molecule has 0 saturated heterocycles. The van der Waals surface area contributed by atoms with E-state index in [4.69, 9.17) is 5.11 Å². The van der Waals surface area contributed by atoms with Crippen molar-refractivity contribution in [1.29, 1.82) is 0 Å². The largest absolute Gasteiger partial charge is 2.00 e. The van der Waals surface area contributed by atoms with Crippen LogP contribution in [0.4, 0.5) is 0 Å². The standard InChI is InChI=1S/CH3O.2ClH.Mn.Na/c1-2;;;;/h1H3;2*1H;;/q-1;;;+2;+1/p-2. The summed E-state index contributed by atoms with van der Waals surface area (Å²) in [6.45, 7) is 0. The minimum Gasteiger partial charge on any atom is -1.00 e. The summed E-state index contributed by atoms with van der Waals surface area (Å²) in [6.07, 6.45) is 0. The fraction of sp³-hybridized carbons (Fsp3) is 1.00. The molecular weight excluding hydrogens is 177 g/mol. The van der Waals surface area contributed by atoms with Gasteiger partial charge in [-0.05, 0) is 0 Å². The molecule has 0 aliphatic rings. The molecule has 0 atom stereocenters. The molecule has 0 aromatic heterocycles. The van der Waals surface area contributed by atoms with Gasteiger partial charge in [0.25, 0.3) is 0 Å². The van der Waals surface area contributed by atoms with Crippen molar-refractivity contribution in [3.05, 3.63) is 0 Å². The molecule has 0 amide bonds. The molecular formula is CH3Cl2MnNaO. The van der Waals surface area contributed by atoms with Crippen molar-refractivity contribution >= 4 is 0 Å². The molecule has 0 aromatic rings. The second-order valence-electron chi connectivity index (χ2n) is 0. The van der Waals surface area contributed by atoms with Crippen LogP contribution in [0.2, 0.25) is 0 Å². The third kappa shape index (κ3) is 36.6. The molecule has 35 valence electrons. The van der Waals surface area contributed by atoms with Crippen molar-refractivity contribution in [2.24, 2.45) is 0 Å². The van der Waals surface area contributed by atoms with Gasteiger partial charge in [-0.15, -0.1) is 0 Å². The Morgan fingerprint density at radius 1 is 1.00 bits per heavy atom. The summed E-state index contributed by atoms with van der Waals surface area (Å²) in [5, 5.41) is 8.25. The average Bonchev–Trinajstić information content (AvgIpc) is 1.00. The summed E-state index contributed by atoms with van der Waals surface area (Å²) < 4.78 is 0. The fourth-order valence-corrected chi connectivity index (χ4v) is 0. The predicted octanol–water partition coefficient (Wildman–Crippen LogP) is -10.0. The van der Waals surface area contributed by atoms with Crippen LogP contribution in [0.5, 0.6) is 0 Å². The van der Waals surface area contributed by atoms with Crippen LogP contribution in [0.15, 0.2) is 0 Å². The van der Waals surface area contributed by atoms with E-state index in [-0.39, 0.29) is 71.4 Å². The van der Waals surface area contributed by atoms with Gasteiger partial charge in [-0.25, -0.2) is 0 Å². The zero-order valence-corrected chi connectivity index (χ0v) is 8.23. The van der Waals surface area contributed by atoms with E-state index in [9.17, 15) is 0 Å². The summed E-state index contributed by atoms with van der Waals surface area (Å²) in [4.78, 5) is 0. The normalized spacial score (nSPS) is 1.00. The second kappa shape index (κ2) is 61.1. The van der Waals surface area contributed by atoms with Gasteiger partial charge in [0, 0.05) is 0 Å². The minimum atomic E-state index is 0. The molecule has 0 bridgehead atoms. The van der Waals surface area contributed by atoms with Crippen molar-refractivity contribution in [1.82, 2.24) is 0 Å². The van der Waals surface area contributed by atoms with Crippen molar-refractivity contribution in [2.75, 3.05) is 7.11 Å².